The van der Waals surface area contributed by atoms with Gasteiger partial charge in [-0.05, 0) is 50.9 Å². The lowest BCUT2D eigenvalue weighted by Crippen LogP contribution is -2.20. The summed E-state index contributed by atoms with van der Waals surface area (Å²) in [7, 11) is 1.41. The van der Waals surface area contributed by atoms with Gasteiger partial charge in [-0.2, -0.15) is 5.10 Å². The number of carbonyl (C=O) groups excluding carboxylic acids is 1. The Labute approximate surface area is 150 Å². The molecule has 2 heterocycles. The largest absolute Gasteiger partial charge is 0.465 e. The lowest BCUT2D eigenvalue weighted by Gasteiger charge is -2.10. The molecule has 2 N–H and O–H groups in total. The maximum Gasteiger partial charge on any atom is 0.341 e. The van der Waals surface area contributed by atoms with Crippen molar-refractivity contribution in [3.05, 3.63) is 27.9 Å². The molecule has 0 radical (unpaired) electrons. The molecule has 0 amide bonds. The number of fused-ring (bicyclic) bond motifs is 1. The molecule has 0 aromatic carbocycles. The van der Waals surface area contributed by atoms with Gasteiger partial charge >= 0.3 is 5.97 Å². The van der Waals surface area contributed by atoms with Gasteiger partial charge in [0.05, 0.1) is 24.1 Å². The quantitative estimate of drug-likeness (QED) is 0.640. The summed E-state index contributed by atoms with van der Waals surface area (Å²) >= 11 is 6.99. The normalized spacial score (nSPS) is 12.8. The minimum atomic E-state index is -0.310. The van der Waals surface area contributed by atoms with Crippen molar-refractivity contribution in [1.29, 1.82) is 0 Å². The van der Waals surface area contributed by atoms with E-state index in [9.17, 15) is 4.79 Å². The highest BCUT2D eigenvalue weighted by atomic mass is 32.1. The zero-order chi connectivity index (χ0) is 17.3. The highest BCUT2D eigenvalue weighted by molar-refractivity contribution is 7.80. The van der Waals surface area contributed by atoms with Gasteiger partial charge in [0.1, 0.15) is 5.00 Å². The van der Waals surface area contributed by atoms with Crippen LogP contribution in [-0.2, 0) is 24.1 Å². The summed E-state index contributed by atoms with van der Waals surface area (Å²) in [6.07, 6.45) is 4.93. The summed E-state index contributed by atoms with van der Waals surface area (Å²) in [5.74, 6) is -0.310. The number of aryl methyl sites for hydroxylation is 3. The molecule has 24 heavy (non-hydrogen) atoms. The fourth-order valence-electron chi connectivity index (χ4n) is 2.87. The number of nitrogens with zero attached hydrogens (tertiary/aromatic N) is 2. The van der Waals surface area contributed by atoms with Crippen LogP contribution in [0.3, 0.4) is 0 Å². The SMILES string of the molecule is CCn1cc(NC(=S)Nc2sc3c(c2C(=O)OC)CCC3)c(C)n1. The number of anilines is 2. The number of aromatic nitrogens is 2. The molecular formula is C16H20N4O2S2. The Balaban J connectivity index is 1.79. The first-order valence-corrected chi connectivity index (χ1v) is 9.10. The highest BCUT2D eigenvalue weighted by Gasteiger charge is 2.27. The molecule has 1 aliphatic rings. The number of rotatable bonds is 4. The van der Waals surface area contributed by atoms with E-state index >= 15 is 0 Å². The van der Waals surface area contributed by atoms with E-state index < -0.39 is 0 Å². The zero-order valence-electron chi connectivity index (χ0n) is 13.9. The first kappa shape index (κ1) is 16.9. The lowest BCUT2D eigenvalue weighted by atomic mass is 10.1. The van der Waals surface area contributed by atoms with E-state index in [4.69, 9.17) is 17.0 Å². The molecule has 0 unspecified atom stereocenters. The Morgan fingerprint density at radius 1 is 1.46 bits per heavy atom. The Kier molecular flexibility index (Phi) is 4.86. The number of nitrogens with one attached hydrogen (secondary N) is 2. The number of hydrogen-bond acceptors (Lipinski definition) is 5. The van der Waals surface area contributed by atoms with Gasteiger partial charge < -0.3 is 15.4 Å². The van der Waals surface area contributed by atoms with E-state index in [0.29, 0.717) is 10.7 Å². The molecule has 0 saturated carbocycles. The third-order valence-corrected chi connectivity index (χ3v) is 5.47. The van der Waals surface area contributed by atoms with Crippen molar-refractivity contribution >= 4 is 45.3 Å². The van der Waals surface area contributed by atoms with Crippen molar-refractivity contribution < 1.29 is 9.53 Å². The summed E-state index contributed by atoms with van der Waals surface area (Å²) in [5, 5.41) is 11.9. The van der Waals surface area contributed by atoms with Crippen LogP contribution in [0.2, 0.25) is 0 Å². The van der Waals surface area contributed by atoms with E-state index in [1.807, 2.05) is 24.7 Å². The molecule has 0 spiro atoms. The van der Waals surface area contributed by atoms with Crippen molar-refractivity contribution in [3.8, 4) is 0 Å². The zero-order valence-corrected chi connectivity index (χ0v) is 15.6. The van der Waals surface area contributed by atoms with Gasteiger partial charge in [-0.1, -0.05) is 0 Å². The first-order valence-electron chi connectivity index (χ1n) is 7.88. The predicted octanol–water partition coefficient (Wildman–Crippen LogP) is 3.36. The smallest absolute Gasteiger partial charge is 0.341 e. The van der Waals surface area contributed by atoms with Gasteiger partial charge in [-0.15, -0.1) is 11.3 Å². The number of hydrogen-bond donors (Lipinski definition) is 2. The molecule has 0 bridgehead atoms. The van der Waals surface area contributed by atoms with Gasteiger partial charge in [0.25, 0.3) is 0 Å². The van der Waals surface area contributed by atoms with Gasteiger partial charge in [0.15, 0.2) is 5.11 Å². The number of carbonyl (C=O) groups is 1. The molecule has 2 aromatic rings. The maximum absolute atomic E-state index is 12.2. The molecule has 2 aromatic heterocycles. The van der Waals surface area contributed by atoms with Crippen LogP contribution in [0.1, 0.15) is 39.8 Å². The molecule has 8 heteroatoms. The molecule has 0 saturated heterocycles. The average molecular weight is 364 g/mol. The number of thiocarbonyl (C=S) groups is 1. The van der Waals surface area contributed by atoms with Crippen LogP contribution >= 0.6 is 23.6 Å². The van der Waals surface area contributed by atoms with Crippen LogP contribution < -0.4 is 10.6 Å². The molecule has 0 aliphatic heterocycles. The van der Waals surface area contributed by atoms with Crippen LogP contribution in [0.4, 0.5) is 10.7 Å². The summed E-state index contributed by atoms with van der Waals surface area (Å²) in [6, 6.07) is 0. The summed E-state index contributed by atoms with van der Waals surface area (Å²) in [6.45, 7) is 4.76. The van der Waals surface area contributed by atoms with Crippen molar-refractivity contribution in [1.82, 2.24) is 9.78 Å². The number of ether oxygens (including phenoxy) is 1. The molecule has 1 aliphatic carbocycles. The van der Waals surface area contributed by atoms with Crippen LogP contribution in [0.25, 0.3) is 0 Å². The number of esters is 1. The molecule has 0 fully saturated rings. The highest BCUT2D eigenvalue weighted by Crippen LogP contribution is 2.39. The minimum absolute atomic E-state index is 0.310. The van der Waals surface area contributed by atoms with Crippen LogP contribution in [0.5, 0.6) is 0 Å². The van der Waals surface area contributed by atoms with Gasteiger partial charge in [0.2, 0.25) is 0 Å². The van der Waals surface area contributed by atoms with E-state index in [1.165, 1.54) is 12.0 Å². The van der Waals surface area contributed by atoms with E-state index in [0.717, 1.165) is 47.8 Å². The average Bonchev–Trinajstić information content (AvgIpc) is 3.21. The van der Waals surface area contributed by atoms with Gasteiger partial charge in [-0.25, -0.2) is 4.79 Å². The summed E-state index contributed by atoms with van der Waals surface area (Å²) in [4.78, 5) is 13.4. The van der Waals surface area contributed by atoms with Crippen molar-refractivity contribution in [2.24, 2.45) is 0 Å². The third-order valence-electron chi connectivity index (χ3n) is 4.06. The monoisotopic (exact) mass is 364 g/mol. The number of thiophene rings is 1. The van der Waals surface area contributed by atoms with E-state index in [2.05, 4.69) is 15.7 Å². The van der Waals surface area contributed by atoms with Crippen molar-refractivity contribution in [2.75, 3.05) is 17.7 Å². The Bertz CT molecular complexity index is 794. The second-order valence-electron chi connectivity index (χ2n) is 5.62. The van der Waals surface area contributed by atoms with Gasteiger partial charge in [-0.3, -0.25) is 4.68 Å². The van der Waals surface area contributed by atoms with Gasteiger partial charge in [0, 0.05) is 17.6 Å². The maximum atomic E-state index is 12.2. The second kappa shape index (κ2) is 6.90. The van der Waals surface area contributed by atoms with Crippen molar-refractivity contribution in [3.63, 3.8) is 0 Å². The predicted molar refractivity (Wildman–Crippen MR) is 100 cm³/mol. The lowest BCUT2D eigenvalue weighted by molar-refractivity contribution is 0.0601. The number of methoxy groups -OCH3 is 1. The molecular weight excluding hydrogens is 344 g/mol. The van der Waals surface area contributed by atoms with Crippen LogP contribution in [-0.4, -0.2) is 28.0 Å². The Hall–Kier alpha value is -1.93. The standard InChI is InChI=1S/C16H20N4O2S2/c1-4-20-8-11(9(2)19-20)17-16(23)18-14-13(15(21)22-3)10-6-5-7-12(10)24-14/h8H,4-7H2,1-3H3,(H2,17,18,23). The fraction of sp³-hybridized carbons (Fsp3) is 0.438. The van der Waals surface area contributed by atoms with E-state index in [1.54, 1.807) is 11.3 Å². The second-order valence-corrected chi connectivity index (χ2v) is 7.13. The topological polar surface area (TPSA) is 68.2 Å². The molecule has 3 rings (SSSR count). The minimum Gasteiger partial charge on any atom is -0.465 e. The first-order chi connectivity index (χ1) is 11.5. The Morgan fingerprint density at radius 2 is 2.25 bits per heavy atom. The summed E-state index contributed by atoms with van der Waals surface area (Å²) < 4.78 is 6.80. The van der Waals surface area contributed by atoms with Crippen molar-refractivity contribution in [2.45, 2.75) is 39.7 Å². The molecule has 128 valence electrons. The Morgan fingerprint density at radius 3 is 2.92 bits per heavy atom. The van der Waals surface area contributed by atoms with E-state index in [-0.39, 0.29) is 5.97 Å². The summed E-state index contributed by atoms with van der Waals surface area (Å²) in [5.41, 5.74) is 3.47. The third kappa shape index (κ3) is 3.16. The van der Waals surface area contributed by atoms with Crippen LogP contribution in [0.15, 0.2) is 6.20 Å². The van der Waals surface area contributed by atoms with Crippen LogP contribution in [0, 0.1) is 6.92 Å². The molecule has 6 nitrogen and oxygen atoms in total. The fourth-order valence-corrected chi connectivity index (χ4v) is 4.43. The molecule has 0 atom stereocenters.